The maximum atomic E-state index is 15.4. The zero-order valence-corrected chi connectivity index (χ0v) is 20.5. The number of rotatable bonds is 4. The summed E-state index contributed by atoms with van der Waals surface area (Å²) in [5.41, 5.74) is 0.0296. The van der Waals surface area contributed by atoms with E-state index in [4.69, 9.17) is 17.0 Å². The fourth-order valence-corrected chi connectivity index (χ4v) is 4.96. The Labute approximate surface area is 214 Å². The molecular weight excluding hydrogens is 505 g/mol. The van der Waals surface area contributed by atoms with Crippen LogP contribution < -0.4 is 20.4 Å². The van der Waals surface area contributed by atoms with E-state index in [1.807, 2.05) is 16.7 Å². The molecule has 0 amide bonds. The van der Waals surface area contributed by atoms with Crippen molar-refractivity contribution < 1.29 is 24.0 Å². The van der Waals surface area contributed by atoms with Gasteiger partial charge in [-0.05, 0) is 37.3 Å². The van der Waals surface area contributed by atoms with Gasteiger partial charge in [-0.15, -0.1) is 0 Å². The molecule has 192 valence electrons. The van der Waals surface area contributed by atoms with Gasteiger partial charge in [-0.1, -0.05) is 0 Å². The highest BCUT2D eigenvalue weighted by atomic mass is 32.1. The maximum Gasteiger partial charge on any atom is 0.341 e. The fourth-order valence-electron chi connectivity index (χ4n) is 4.66. The van der Waals surface area contributed by atoms with E-state index in [0.29, 0.717) is 42.5 Å². The minimum atomic E-state index is -1.37. The van der Waals surface area contributed by atoms with E-state index >= 15 is 4.39 Å². The van der Waals surface area contributed by atoms with Crippen molar-refractivity contribution in [2.75, 3.05) is 43.0 Å². The Bertz CT molecular complexity index is 1500. The fraction of sp³-hybridized carbons (Fsp3) is 0.292. The second-order valence-corrected chi connectivity index (χ2v) is 9.27. The number of nitro benzene ring substituents is 1. The Morgan fingerprint density at radius 1 is 1.24 bits per heavy atom. The number of ether oxygens (including phenoxy) is 1. The first-order valence-corrected chi connectivity index (χ1v) is 11.9. The van der Waals surface area contributed by atoms with Gasteiger partial charge in [0.25, 0.3) is 5.69 Å². The highest BCUT2D eigenvalue weighted by Crippen LogP contribution is 2.42. The summed E-state index contributed by atoms with van der Waals surface area (Å²) in [5.74, 6) is -1.81. The third kappa shape index (κ3) is 4.31. The van der Waals surface area contributed by atoms with Crippen molar-refractivity contribution in [3.8, 4) is 5.75 Å². The minimum absolute atomic E-state index is 0.0207. The van der Waals surface area contributed by atoms with Crippen LogP contribution >= 0.6 is 12.2 Å². The van der Waals surface area contributed by atoms with Crippen LogP contribution in [0.25, 0.3) is 10.9 Å². The number of hydrogen-bond donors (Lipinski definition) is 2. The van der Waals surface area contributed by atoms with E-state index in [1.54, 1.807) is 16.7 Å². The lowest BCUT2D eigenvalue weighted by atomic mass is 10.1. The van der Waals surface area contributed by atoms with Crippen LogP contribution in [0.5, 0.6) is 5.75 Å². The van der Waals surface area contributed by atoms with E-state index in [1.165, 1.54) is 18.3 Å². The van der Waals surface area contributed by atoms with Crippen LogP contribution in [0.2, 0.25) is 0 Å². The number of aromatic nitrogens is 1. The molecule has 3 aromatic rings. The largest absolute Gasteiger partial charge is 0.487 e. The zero-order chi connectivity index (χ0) is 26.4. The Morgan fingerprint density at radius 3 is 2.54 bits per heavy atom. The van der Waals surface area contributed by atoms with E-state index in [0.717, 1.165) is 6.07 Å². The van der Waals surface area contributed by atoms with Gasteiger partial charge in [-0.25, -0.2) is 9.18 Å². The molecule has 2 aliphatic rings. The summed E-state index contributed by atoms with van der Waals surface area (Å²) in [7, 11) is 0. The number of non-ortho nitro benzene ring substituents is 1. The van der Waals surface area contributed by atoms with Crippen molar-refractivity contribution in [1.29, 1.82) is 0 Å². The molecule has 0 saturated carbocycles. The van der Waals surface area contributed by atoms with Crippen LogP contribution in [0.4, 0.5) is 21.5 Å². The molecule has 2 aliphatic heterocycles. The van der Waals surface area contributed by atoms with Crippen molar-refractivity contribution in [2.45, 2.75) is 13.0 Å². The summed E-state index contributed by atoms with van der Waals surface area (Å²) >= 11 is 5.50. The summed E-state index contributed by atoms with van der Waals surface area (Å²) < 4.78 is 23.0. The third-order valence-electron chi connectivity index (χ3n) is 6.58. The molecule has 1 fully saturated rings. The maximum absolute atomic E-state index is 15.4. The number of nitrogens with zero attached hydrogens (tertiary/aromatic N) is 4. The molecule has 1 aromatic heterocycles. The first-order valence-electron chi connectivity index (χ1n) is 11.5. The summed E-state index contributed by atoms with van der Waals surface area (Å²) in [5, 5.41) is 23.8. The first kappa shape index (κ1) is 24.4. The lowest BCUT2D eigenvalue weighted by Gasteiger charge is -2.39. The lowest BCUT2D eigenvalue weighted by Crippen LogP contribution is -2.50. The molecule has 13 heteroatoms. The lowest BCUT2D eigenvalue weighted by molar-refractivity contribution is -0.384. The smallest absolute Gasteiger partial charge is 0.341 e. The van der Waals surface area contributed by atoms with Gasteiger partial charge < -0.3 is 29.5 Å². The highest BCUT2D eigenvalue weighted by Gasteiger charge is 2.31. The van der Waals surface area contributed by atoms with Crippen LogP contribution in [0.1, 0.15) is 23.3 Å². The molecule has 11 nitrogen and oxygen atoms in total. The summed E-state index contributed by atoms with van der Waals surface area (Å²) in [6.45, 7) is 3.79. The summed E-state index contributed by atoms with van der Waals surface area (Å²) in [6.07, 6.45) is 1.30. The number of anilines is 2. The SMILES string of the molecule is CC1COc2c(N3CCN(C(=S)Nc4ccc([N+](=O)[O-])cc4)CC3)c(F)cc3c(=O)c(C(=O)O)cn1c23. The predicted octanol–water partition coefficient (Wildman–Crippen LogP) is 3.22. The van der Waals surface area contributed by atoms with Gasteiger partial charge in [0.1, 0.15) is 17.9 Å². The van der Waals surface area contributed by atoms with Gasteiger partial charge >= 0.3 is 5.97 Å². The van der Waals surface area contributed by atoms with Crippen LogP contribution in [-0.4, -0.2) is 63.4 Å². The van der Waals surface area contributed by atoms with E-state index in [-0.39, 0.29) is 35.2 Å². The quantitative estimate of drug-likeness (QED) is 0.296. The number of hydrogen-bond acceptors (Lipinski definition) is 7. The molecule has 0 bridgehead atoms. The average Bonchev–Trinajstić information content (AvgIpc) is 2.87. The van der Waals surface area contributed by atoms with Crippen molar-refractivity contribution in [3.05, 3.63) is 68.2 Å². The third-order valence-corrected chi connectivity index (χ3v) is 6.95. The molecule has 1 saturated heterocycles. The molecule has 2 N–H and O–H groups in total. The molecule has 0 radical (unpaired) electrons. The zero-order valence-electron chi connectivity index (χ0n) is 19.6. The second-order valence-electron chi connectivity index (χ2n) is 8.88. The molecule has 5 rings (SSSR count). The molecule has 1 atom stereocenters. The molecule has 2 aromatic carbocycles. The van der Waals surface area contributed by atoms with Crippen molar-refractivity contribution >= 4 is 51.3 Å². The number of nitrogens with one attached hydrogen (secondary N) is 1. The van der Waals surface area contributed by atoms with Gasteiger partial charge in [0, 0.05) is 50.2 Å². The van der Waals surface area contributed by atoms with E-state index in [9.17, 15) is 24.8 Å². The van der Waals surface area contributed by atoms with Gasteiger partial charge in [0.15, 0.2) is 16.7 Å². The minimum Gasteiger partial charge on any atom is -0.487 e. The summed E-state index contributed by atoms with van der Waals surface area (Å²) in [4.78, 5) is 38.5. The molecule has 1 unspecified atom stereocenters. The van der Waals surface area contributed by atoms with Gasteiger partial charge in [0.05, 0.1) is 21.9 Å². The monoisotopic (exact) mass is 527 g/mol. The van der Waals surface area contributed by atoms with Gasteiger partial charge in [0.2, 0.25) is 5.43 Å². The Balaban J connectivity index is 1.39. The Kier molecular flexibility index (Phi) is 6.15. The number of carboxylic acids is 1. The predicted molar refractivity (Wildman–Crippen MR) is 138 cm³/mol. The number of nitro groups is 1. The topological polar surface area (TPSA) is 130 Å². The second kappa shape index (κ2) is 9.32. The average molecular weight is 528 g/mol. The molecule has 0 spiro atoms. The van der Waals surface area contributed by atoms with Gasteiger partial charge in [-0.2, -0.15) is 0 Å². The first-order chi connectivity index (χ1) is 17.7. The molecular formula is C24H22FN5O6S. The molecule has 3 heterocycles. The molecule has 37 heavy (non-hydrogen) atoms. The van der Waals surface area contributed by atoms with Crippen molar-refractivity contribution in [3.63, 3.8) is 0 Å². The van der Waals surface area contributed by atoms with E-state index in [2.05, 4.69) is 5.32 Å². The standard InChI is InChI=1S/C24H22FN5O6S/c1-13-12-36-22-19-16(21(31)17(23(32)33)11-29(13)19)10-18(25)20(22)27-6-8-28(9-7-27)24(37)26-14-2-4-15(5-3-14)30(34)35/h2-5,10-11,13H,6-9,12H2,1H3,(H,26,37)(H,32,33). The Morgan fingerprint density at radius 2 is 1.92 bits per heavy atom. The van der Waals surface area contributed by atoms with Crippen LogP contribution in [0.3, 0.4) is 0 Å². The normalized spacial score (nSPS) is 16.9. The number of carbonyl (C=O) groups is 1. The number of carboxylic acid groups (broad SMARTS) is 1. The summed E-state index contributed by atoms with van der Waals surface area (Å²) in [6, 6.07) is 6.76. The Hall–Kier alpha value is -4.26. The van der Waals surface area contributed by atoms with Crippen molar-refractivity contribution in [1.82, 2.24) is 9.47 Å². The van der Waals surface area contributed by atoms with E-state index < -0.39 is 27.7 Å². The number of piperazine rings is 1. The molecule has 0 aliphatic carbocycles. The van der Waals surface area contributed by atoms with Crippen LogP contribution in [0.15, 0.2) is 41.3 Å². The number of pyridine rings is 1. The highest BCUT2D eigenvalue weighted by molar-refractivity contribution is 7.80. The number of aromatic carboxylic acids is 1. The number of benzene rings is 2. The van der Waals surface area contributed by atoms with Crippen LogP contribution in [0, 0.1) is 15.9 Å². The number of halogens is 1. The van der Waals surface area contributed by atoms with Crippen LogP contribution in [-0.2, 0) is 0 Å². The van der Waals surface area contributed by atoms with Crippen molar-refractivity contribution in [2.24, 2.45) is 0 Å². The number of thiocarbonyl (C=S) groups is 1. The van der Waals surface area contributed by atoms with Gasteiger partial charge in [-0.3, -0.25) is 14.9 Å².